The second kappa shape index (κ2) is 9.50. The SMILES string of the molecule is CCCNC(=O)CCNC(=O)c1cncc(C#CCN)c1. The van der Waals surface area contributed by atoms with E-state index >= 15 is 0 Å². The lowest BCUT2D eigenvalue weighted by Gasteiger charge is -2.06. The molecule has 112 valence electrons. The number of aromatic nitrogens is 1. The van der Waals surface area contributed by atoms with Gasteiger partial charge in [-0.25, -0.2) is 0 Å². The van der Waals surface area contributed by atoms with Crippen LogP contribution < -0.4 is 16.4 Å². The third-order valence-electron chi connectivity index (χ3n) is 2.55. The van der Waals surface area contributed by atoms with Crippen LogP contribution in [-0.2, 0) is 4.79 Å². The Bertz CT molecular complexity index is 546. The smallest absolute Gasteiger partial charge is 0.252 e. The van der Waals surface area contributed by atoms with Crippen LogP contribution in [0, 0.1) is 11.8 Å². The third kappa shape index (κ3) is 6.54. The second-order valence-corrected chi connectivity index (χ2v) is 4.32. The zero-order valence-corrected chi connectivity index (χ0v) is 12.1. The van der Waals surface area contributed by atoms with Crippen molar-refractivity contribution in [2.24, 2.45) is 5.73 Å². The summed E-state index contributed by atoms with van der Waals surface area (Å²) in [5.41, 5.74) is 6.33. The van der Waals surface area contributed by atoms with Gasteiger partial charge in [0.25, 0.3) is 5.91 Å². The first-order valence-electron chi connectivity index (χ1n) is 6.86. The van der Waals surface area contributed by atoms with E-state index in [1.54, 1.807) is 12.3 Å². The fourth-order valence-corrected chi connectivity index (χ4v) is 1.53. The standard InChI is InChI=1S/C15H20N4O2/c1-2-7-18-14(20)5-8-19-15(21)13-9-12(4-3-6-16)10-17-11-13/h9-11H,2,5-8,16H2,1H3,(H,18,20)(H,19,21). The van der Waals surface area contributed by atoms with E-state index in [2.05, 4.69) is 27.5 Å². The molecule has 1 heterocycles. The van der Waals surface area contributed by atoms with Gasteiger partial charge in [0, 0.05) is 37.5 Å². The minimum atomic E-state index is -0.276. The average molecular weight is 288 g/mol. The molecule has 1 rings (SSSR count). The van der Waals surface area contributed by atoms with Gasteiger partial charge in [0.15, 0.2) is 0 Å². The lowest BCUT2D eigenvalue weighted by atomic mass is 10.2. The number of amides is 2. The van der Waals surface area contributed by atoms with Crippen molar-refractivity contribution in [3.63, 3.8) is 0 Å². The van der Waals surface area contributed by atoms with Crippen molar-refractivity contribution in [3.05, 3.63) is 29.6 Å². The third-order valence-corrected chi connectivity index (χ3v) is 2.55. The maximum atomic E-state index is 11.9. The monoisotopic (exact) mass is 288 g/mol. The molecule has 1 aromatic rings. The van der Waals surface area contributed by atoms with Crippen molar-refractivity contribution < 1.29 is 9.59 Å². The summed E-state index contributed by atoms with van der Waals surface area (Å²) in [7, 11) is 0. The number of rotatable bonds is 6. The number of hydrogen-bond acceptors (Lipinski definition) is 4. The van der Waals surface area contributed by atoms with Gasteiger partial charge >= 0.3 is 0 Å². The zero-order chi connectivity index (χ0) is 15.5. The van der Waals surface area contributed by atoms with Crippen LogP contribution >= 0.6 is 0 Å². The maximum Gasteiger partial charge on any atom is 0.252 e. The quantitative estimate of drug-likeness (QED) is 0.644. The van der Waals surface area contributed by atoms with Gasteiger partial charge < -0.3 is 16.4 Å². The summed E-state index contributed by atoms with van der Waals surface area (Å²) in [6.07, 6.45) is 4.17. The molecule has 4 N–H and O–H groups in total. The van der Waals surface area contributed by atoms with Gasteiger partial charge in [0.05, 0.1) is 12.1 Å². The first kappa shape index (κ1) is 16.7. The lowest BCUT2D eigenvalue weighted by Crippen LogP contribution is -2.31. The highest BCUT2D eigenvalue weighted by molar-refractivity contribution is 5.94. The fraction of sp³-hybridized carbons (Fsp3) is 0.400. The number of carbonyl (C=O) groups is 2. The molecule has 0 saturated carbocycles. The molecule has 0 saturated heterocycles. The van der Waals surface area contributed by atoms with E-state index in [1.807, 2.05) is 6.92 Å². The van der Waals surface area contributed by atoms with Crippen LogP contribution in [0.2, 0.25) is 0 Å². The Morgan fingerprint density at radius 1 is 1.29 bits per heavy atom. The van der Waals surface area contributed by atoms with Gasteiger partial charge in [-0.2, -0.15) is 0 Å². The predicted octanol–water partition coefficient (Wildman–Crippen LogP) is 0.0379. The van der Waals surface area contributed by atoms with E-state index in [4.69, 9.17) is 5.73 Å². The van der Waals surface area contributed by atoms with Crippen LogP contribution in [0.15, 0.2) is 18.5 Å². The van der Waals surface area contributed by atoms with Crippen LogP contribution in [0.4, 0.5) is 0 Å². The maximum absolute atomic E-state index is 11.9. The largest absolute Gasteiger partial charge is 0.356 e. The van der Waals surface area contributed by atoms with Gasteiger partial charge in [0.1, 0.15) is 0 Å². The summed E-state index contributed by atoms with van der Waals surface area (Å²) < 4.78 is 0. The van der Waals surface area contributed by atoms with E-state index in [0.29, 0.717) is 17.7 Å². The Kier molecular flexibility index (Phi) is 7.54. The number of nitrogens with zero attached hydrogens (tertiary/aromatic N) is 1. The molecule has 0 radical (unpaired) electrons. The first-order chi connectivity index (χ1) is 10.2. The molecule has 6 heteroatoms. The van der Waals surface area contributed by atoms with Gasteiger partial charge in [-0.1, -0.05) is 18.8 Å². The molecule has 6 nitrogen and oxygen atoms in total. The van der Waals surface area contributed by atoms with E-state index in [1.165, 1.54) is 6.20 Å². The topological polar surface area (TPSA) is 97.1 Å². The van der Waals surface area contributed by atoms with Gasteiger partial charge in [-0.05, 0) is 12.5 Å². The molecule has 1 aromatic heterocycles. The highest BCUT2D eigenvalue weighted by atomic mass is 16.2. The Morgan fingerprint density at radius 2 is 2.10 bits per heavy atom. The molecule has 2 amide bonds. The van der Waals surface area contributed by atoms with Crippen molar-refractivity contribution in [3.8, 4) is 11.8 Å². The van der Waals surface area contributed by atoms with Crippen molar-refractivity contribution in [1.29, 1.82) is 0 Å². The van der Waals surface area contributed by atoms with Crippen LogP contribution in [0.5, 0.6) is 0 Å². The number of pyridine rings is 1. The van der Waals surface area contributed by atoms with E-state index in [-0.39, 0.29) is 31.3 Å². The second-order valence-electron chi connectivity index (χ2n) is 4.32. The predicted molar refractivity (Wildman–Crippen MR) is 80.4 cm³/mol. The molecular formula is C15H20N4O2. The molecule has 0 spiro atoms. The van der Waals surface area contributed by atoms with Crippen LogP contribution in [0.1, 0.15) is 35.7 Å². The Morgan fingerprint density at radius 3 is 2.81 bits per heavy atom. The van der Waals surface area contributed by atoms with Crippen molar-refractivity contribution in [2.45, 2.75) is 19.8 Å². The highest BCUT2D eigenvalue weighted by Crippen LogP contribution is 2.01. The normalized spacial score (nSPS) is 9.43. The summed E-state index contributed by atoms with van der Waals surface area (Å²) >= 11 is 0. The summed E-state index contributed by atoms with van der Waals surface area (Å²) in [6, 6.07) is 1.64. The van der Waals surface area contributed by atoms with Crippen LogP contribution in [0.3, 0.4) is 0 Å². The fourth-order valence-electron chi connectivity index (χ4n) is 1.53. The molecular weight excluding hydrogens is 268 g/mol. The molecule has 21 heavy (non-hydrogen) atoms. The van der Waals surface area contributed by atoms with Crippen molar-refractivity contribution in [1.82, 2.24) is 15.6 Å². The number of nitrogens with two attached hydrogens (primary N) is 1. The molecule has 0 atom stereocenters. The van der Waals surface area contributed by atoms with Crippen molar-refractivity contribution >= 4 is 11.8 Å². The molecule has 0 unspecified atom stereocenters. The number of carbonyl (C=O) groups excluding carboxylic acids is 2. The summed E-state index contributed by atoms with van der Waals surface area (Å²) in [5, 5.41) is 5.42. The molecule has 0 aliphatic heterocycles. The number of nitrogens with one attached hydrogen (secondary N) is 2. The van der Waals surface area contributed by atoms with Gasteiger partial charge in [0.2, 0.25) is 5.91 Å². The van der Waals surface area contributed by atoms with Crippen molar-refractivity contribution in [2.75, 3.05) is 19.6 Å². The summed E-state index contributed by atoms with van der Waals surface area (Å²) in [5.74, 6) is 5.17. The lowest BCUT2D eigenvalue weighted by molar-refractivity contribution is -0.120. The van der Waals surface area contributed by atoms with E-state index in [9.17, 15) is 9.59 Å². The molecule has 0 aromatic carbocycles. The zero-order valence-electron chi connectivity index (χ0n) is 12.1. The molecule has 0 bridgehead atoms. The Labute approximate surface area is 124 Å². The van der Waals surface area contributed by atoms with E-state index < -0.39 is 0 Å². The summed E-state index contributed by atoms with van der Waals surface area (Å²) in [4.78, 5) is 27.3. The molecule has 0 aliphatic carbocycles. The summed E-state index contributed by atoms with van der Waals surface area (Å²) in [6.45, 7) is 3.17. The minimum absolute atomic E-state index is 0.0714. The molecule has 0 aliphatic rings. The first-order valence-corrected chi connectivity index (χ1v) is 6.86. The minimum Gasteiger partial charge on any atom is -0.356 e. The average Bonchev–Trinajstić information content (AvgIpc) is 2.51. The van der Waals surface area contributed by atoms with Gasteiger partial charge in [-0.3, -0.25) is 14.6 Å². The highest BCUT2D eigenvalue weighted by Gasteiger charge is 2.07. The van der Waals surface area contributed by atoms with E-state index in [0.717, 1.165) is 6.42 Å². The Balaban J connectivity index is 2.47. The Hall–Kier alpha value is -2.39. The van der Waals surface area contributed by atoms with Gasteiger partial charge in [-0.15, -0.1) is 0 Å². The van der Waals surface area contributed by atoms with Crippen LogP contribution in [-0.4, -0.2) is 36.4 Å². The molecule has 0 fully saturated rings. The number of hydrogen-bond donors (Lipinski definition) is 3. The van der Waals surface area contributed by atoms with Crippen LogP contribution in [0.25, 0.3) is 0 Å².